The number of hydrogen-bond acceptors (Lipinski definition) is 5. The van der Waals surface area contributed by atoms with Crippen LogP contribution < -0.4 is 10.1 Å². The van der Waals surface area contributed by atoms with Crippen LogP contribution in [0.5, 0.6) is 5.75 Å². The first kappa shape index (κ1) is 22.7. The van der Waals surface area contributed by atoms with Gasteiger partial charge in [0.2, 0.25) is 5.91 Å². The second-order valence-electron chi connectivity index (χ2n) is 6.66. The van der Waals surface area contributed by atoms with E-state index in [0.29, 0.717) is 29.0 Å². The maximum Gasteiger partial charge on any atom is 0.234 e. The first-order chi connectivity index (χ1) is 14.4. The molecule has 1 aromatic heterocycles. The van der Waals surface area contributed by atoms with E-state index in [-0.39, 0.29) is 11.7 Å². The third kappa shape index (κ3) is 5.77. The first-order valence-electron chi connectivity index (χ1n) is 9.37. The topological polar surface area (TPSA) is 69.0 Å². The summed E-state index contributed by atoms with van der Waals surface area (Å²) >= 11 is 10.8. The lowest BCUT2D eigenvalue weighted by Gasteiger charge is -2.11. The summed E-state index contributed by atoms with van der Waals surface area (Å²) in [6, 6.07) is 11.4. The number of rotatable bonds is 8. The Morgan fingerprint density at radius 1 is 1.23 bits per heavy atom. The Hall–Kier alpha value is -2.03. The maximum absolute atomic E-state index is 12.3. The zero-order valence-corrected chi connectivity index (χ0v) is 20.1. The molecule has 0 fully saturated rings. The zero-order valence-electron chi connectivity index (χ0n) is 16.9. The van der Waals surface area contributed by atoms with Gasteiger partial charge in [-0.1, -0.05) is 57.0 Å². The summed E-state index contributed by atoms with van der Waals surface area (Å²) in [6.07, 6.45) is 0. The monoisotopic (exact) mass is 508 g/mol. The molecule has 1 N–H and O–H groups in total. The number of aryl methyl sites for hydroxylation is 2. The number of hydrogen-bond donors (Lipinski definition) is 1. The van der Waals surface area contributed by atoms with Crippen LogP contribution in [-0.2, 0) is 17.9 Å². The third-order valence-electron chi connectivity index (χ3n) is 4.33. The van der Waals surface area contributed by atoms with Crippen LogP contribution in [0.4, 0.5) is 5.69 Å². The van der Waals surface area contributed by atoms with Crippen molar-refractivity contribution < 1.29 is 9.53 Å². The molecule has 0 radical (unpaired) electrons. The Labute approximate surface area is 193 Å². The minimum Gasteiger partial charge on any atom is -0.485 e. The lowest BCUT2D eigenvalue weighted by molar-refractivity contribution is -0.113. The molecule has 3 rings (SSSR count). The predicted octanol–water partition coefficient (Wildman–Crippen LogP) is 5.64. The van der Waals surface area contributed by atoms with Crippen molar-refractivity contribution in [2.24, 2.45) is 0 Å². The fraction of sp³-hybridized carbons (Fsp3) is 0.286. The normalized spacial score (nSPS) is 10.8. The number of nitrogens with one attached hydrogen (secondary N) is 1. The minimum atomic E-state index is -0.164. The summed E-state index contributed by atoms with van der Waals surface area (Å²) in [5.74, 6) is 1.58. The number of amides is 1. The number of thioether (sulfide) groups is 1. The molecule has 0 spiro atoms. The van der Waals surface area contributed by atoms with Gasteiger partial charge < -0.3 is 14.6 Å². The molecule has 0 atom stereocenters. The van der Waals surface area contributed by atoms with Crippen molar-refractivity contribution >= 4 is 50.9 Å². The SMILES string of the molecule is CCn1c(COc2ccc(C)cc2C)nnc1SCC(=O)Nc1ccc(Br)cc1Cl. The molecule has 0 saturated heterocycles. The van der Waals surface area contributed by atoms with E-state index in [4.69, 9.17) is 16.3 Å². The lowest BCUT2D eigenvalue weighted by Crippen LogP contribution is -2.15. The number of halogens is 2. The van der Waals surface area contributed by atoms with Gasteiger partial charge in [0.15, 0.2) is 11.0 Å². The van der Waals surface area contributed by atoms with Gasteiger partial charge >= 0.3 is 0 Å². The number of aromatic nitrogens is 3. The van der Waals surface area contributed by atoms with E-state index in [1.165, 1.54) is 17.3 Å². The molecule has 0 aliphatic heterocycles. The van der Waals surface area contributed by atoms with Gasteiger partial charge in [-0.2, -0.15) is 0 Å². The molecule has 9 heteroatoms. The van der Waals surface area contributed by atoms with Gasteiger partial charge in [-0.05, 0) is 50.6 Å². The molecule has 2 aromatic carbocycles. The number of anilines is 1. The maximum atomic E-state index is 12.3. The second-order valence-corrected chi connectivity index (χ2v) is 8.93. The number of carbonyl (C=O) groups is 1. The summed E-state index contributed by atoms with van der Waals surface area (Å²) in [7, 11) is 0. The number of ether oxygens (including phenoxy) is 1. The van der Waals surface area contributed by atoms with Crippen LogP contribution in [0, 0.1) is 13.8 Å². The summed E-state index contributed by atoms with van der Waals surface area (Å²) in [5, 5.41) is 12.4. The van der Waals surface area contributed by atoms with E-state index in [1.54, 1.807) is 12.1 Å². The van der Waals surface area contributed by atoms with Crippen molar-refractivity contribution in [2.75, 3.05) is 11.1 Å². The van der Waals surface area contributed by atoms with Gasteiger partial charge in [0, 0.05) is 11.0 Å². The Kier molecular flexibility index (Phi) is 7.80. The van der Waals surface area contributed by atoms with Gasteiger partial charge in [-0.25, -0.2) is 0 Å². The molecule has 0 aliphatic rings. The first-order valence-corrected chi connectivity index (χ1v) is 11.5. The highest BCUT2D eigenvalue weighted by molar-refractivity contribution is 9.10. The van der Waals surface area contributed by atoms with Gasteiger partial charge in [0.25, 0.3) is 0 Å². The quantitative estimate of drug-likeness (QED) is 0.398. The van der Waals surface area contributed by atoms with Crippen molar-refractivity contribution in [3.8, 4) is 5.75 Å². The summed E-state index contributed by atoms with van der Waals surface area (Å²) in [6.45, 7) is 7.07. The fourth-order valence-corrected chi connectivity index (χ4v) is 4.40. The van der Waals surface area contributed by atoms with E-state index in [0.717, 1.165) is 21.6 Å². The average molecular weight is 510 g/mol. The van der Waals surface area contributed by atoms with Crippen molar-refractivity contribution in [3.63, 3.8) is 0 Å². The van der Waals surface area contributed by atoms with Gasteiger partial charge in [-0.15, -0.1) is 10.2 Å². The fourth-order valence-electron chi connectivity index (χ4n) is 2.86. The third-order valence-corrected chi connectivity index (χ3v) is 6.11. The molecule has 30 heavy (non-hydrogen) atoms. The van der Waals surface area contributed by atoms with E-state index in [1.807, 2.05) is 36.6 Å². The average Bonchev–Trinajstić information content (AvgIpc) is 3.09. The number of carbonyl (C=O) groups excluding carboxylic acids is 1. The molecule has 0 saturated carbocycles. The molecule has 1 heterocycles. The smallest absolute Gasteiger partial charge is 0.234 e. The number of benzene rings is 2. The lowest BCUT2D eigenvalue weighted by atomic mass is 10.1. The molecule has 1 amide bonds. The van der Waals surface area contributed by atoms with Crippen molar-refractivity contribution in [2.45, 2.75) is 39.1 Å². The summed E-state index contributed by atoms with van der Waals surface area (Å²) in [4.78, 5) is 12.3. The van der Waals surface area contributed by atoms with E-state index in [9.17, 15) is 4.79 Å². The van der Waals surface area contributed by atoms with Crippen molar-refractivity contribution in [1.29, 1.82) is 0 Å². The van der Waals surface area contributed by atoms with Crippen molar-refractivity contribution in [1.82, 2.24) is 14.8 Å². The van der Waals surface area contributed by atoms with Crippen LogP contribution in [0.3, 0.4) is 0 Å². The van der Waals surface area contributed by atoms with Crippen LogP contribution in [0.2, 0.25) is 5.02 Å². The molecule has 0 bridgehead atoms. The van der Waals surface area contributed by atoms with Crippen LogP contribution in [0.25, 0.3) is 0 Å². The molecule has 0 unspecified atom stereocenters. The highest BCUT2D eigenvalue weighted by Crippen LogP contribution is 2.26. The van der Waals surface area contributed by atoms with Gasteiger partial charge in [-0.3, -0.25) is 4.79 Å². The highest BCUT2D eigenvalue weighted by atomic mass is 79.9. The van der Waals surface area contributed by atoms with Gasteiger partial charge in [0.1, 0.15) is 12.4 Å². The minimum absolute atomic E-state index is 0.164. The van der Waals surface area contributed by atoms with Gasteiger partial charge in [0.05, 0.1) is 16.5 Å². The Morgan fingerprint density at radius 2 is 2.03 bits per heavy atom. The van der Waals surface area contributed by atoms with Crippen molar-refractivity contribution in [3.05, 3.63) is 62.8 Å². The number of nitrogens with zero attached hydrogens (tertiary/aromatic N) is 3. The summed E-state index contributed by atoms with van der Waals surface area (Å²) in [5.41, 5.74) is 2.85. The Bertz CT molecular complexity index is 1060. The zero-order chi connectivity index (χ0) is 21.7. The van der Waals surface area contributed by atoms with Crippen LogP contribution >= 0.6 is 39.3 Å². The highest BCUT2D eigenvalue weighted by Gasteiger charge is 2.15. The van der Waals surface area contributed by atoms with Crippen LogP contribution in [0.1, 0.15) is 23.9 Å². The molecule has 0 aliphatic carbocycles. The second kappa shape index (κ2) is 10.3. The standard InChI is InChI=1S/C21H22BrClN4O2S/c1-4-27-19(11-29-18-8-5-13(2)9-14(18)3)25-26-21(27)30-12-20(28)24-17-7-6-15(22)10-16(17)23/h5-10H,4,11-12H2,1-3H3,(H,24,28). The van der Waals surface area contributed by atoms with E-state index in [2.05, 4.69) is 44.4 Å². The predicted molar refractivity (Wildman–Crippen MR) is 124 cm³/mol. The molecule has 158 valence electrons. The van der Waals surface area contributed by atoms with E-state index < -0.39 is 0 Å². The molecule has 3 aromatic rings. The largest absolute Gasteiger partial charge is 0.485 e. The van der Waals surface area contributed by atoms with E-state index >= 15 is 0 Å². The Morgan fingerprint density at radius 3 is 2.73 bits per heavy atom. The van der Waals surface area contributed by atoms with Crippen LogP contribution in [0.15, 0.2) is 46.0 Å². The molecule has 6 nitrogen and oxygen atoms in total. The molecular weight excluding hydrogens is 488 g/mol. The molecular formula is C21H22BrClN4O2S. The van der Waals surface area contributed by atoms with Crippen LogP contribution in [-0.4, -0.2) is 26.4 Å². The summed E-state index contributed by atoms with van der Waals surface area (Å²) < 4.78 is 8.74. The Balaban J connectivity index is 1.60.